The normalized spacial score (nSPS) is 16.6. The third-order valence-corrected chi connectivity index (χ3v) is 4.46. The van der Waals surface area contributed by atoms with E-state index in [4.69, 9.17) is 4.74 Å². The van der Waals surface area contributed by atoms with Gasteiger partial charge in [0.05, 0.1) is 18.3 Å². The summed E-state index contributed by atoms with van der Waals surface area (Å²) in [6, 6.07) is 7.60. The summed E-state index contributed by atoms with van der Waals surface area (Å²) < 4.78 is 5.32. The fourth-order valence-corrected chi connectivity index (χ4v) is 3.25. The summed E-state index contributed by atoms with van der Waals surface area (Å²) in [5, 5.41) is 12.0. The average Bonchev–Trinajstić information content (AvgIpc) is 2.59. The van der Waals surface area contributed by atoms with Gasteiger partial charge >= 0.3 is 0 Å². The van der Waals surface area contributed by atoms with E-state index in [1.54, 1.807) is 13.3 Å². The lowest BCUT2D eigenvalue weighted by atomic mass is 9.94. The first-order valence-corrected chi connectivity index (χ1v) is 7.83. The number of aliphatic hydroxyl groups is 1. The minimum Gasteiger partial charge on any atom is -0.497 e. The summed E-state index contributed by atoms with van der Waals surface area (Å²) in [4.78, 5) is 6.51. The fraction of sp³-hybridized carbons (Fsp3) is 0.316. The Hall–Kier alpha value is -2.33. The van der Waals surface area contributed by atoms with Crippen molar-refractivity contribution in [1.82, 2.24) is 9.88 Å². The number of pyridine rings is 1. The molecule has 0 fully saturated rings. The second kappa shape index (κ2) is 6.42. The van der Waals surface area contributed by atoms with Crippen LogP contribution in [-0.4, -0.2) is 35.7 Å². The molecule has 1 aliphatic heterocycles. The molecular weight excluding hydrogens is 288 g/mol. The molecule has 1 atom stereocenters. The Bertz CT molecular complexity index is 767. The SMILES string of the molecule is C=CC1=C([C@H](O)c2ccnc3ccc(OC)cc23)N(C)CCC1. The highest BCUT2D eigenvalue weighted by Gasteiger charge is 2.25. The minimum atomic E-state index is -0.703. The van der Waals surface area contributed by atoms with Crippen LogP contribution in [0.3, 0.4) is 0 Å². The predicted octanol–water partition coefficient (Wildman–Crippen LogP) is 3.44. The van der Waals surface area contributed by atoms with E-state index in [1.807, 2.05) is 37.4 Å². The van der Waals surface area contributed by atoms with Crippen molar-refractivity contribution in [1.29, 1.82) is 0 Å². The van der Waals surface area contributed by atoms with Crippen LogP contribution in [0.4, 0.5) is 0 Å². The summed E-state index contributed by atoms with van der Waals surface area (Å²) in [5.74, 6) is 0.758. The topological polar surface area (TPSA) is 45.6 Å². The minimum absolute atomic E-state index is 0.703. The maximum Gasteiger partial charge on any atom is 0.120 e. The molecule has 0 radical (unpaired) electrons. The van der Waals surface area contributed by atoms with E-state index in [-0.39, 0.29) is 0 Å². The summed E-state index contributed by atoms with van der Waals surface area (Å²) in [7, 11) is 3.66. The predicted molar refractivity (Wildman–Crippen MR) is 92.3 cm³/mol. The Kier molecular flexibility index (Phi) is 4.35. The molecule has 2 heterocycles. The van der Waals surface area contributed by atoms with Gasteiger partial charge in [-0.2, -0.15) is 0 Å². The third-order valence-electron chi connectivity index (χ3n) is 4.46. The number of hydrogen-bond donors (Lipinski definition) is 1. The number of rotatable bonds is 4. The van der Waals surface area contributed by atoms with Gasteiger partial charge in [-0.3, -0.25) is 4.98 Å². The van der Waals surface area contributed by atoms with Crippen LogP contribution < -0.4 is 4.74 Å². The van der Waals surface area contributed by atoms with E-state index in [0.29, 0.717) is 0 Å². The lowest BCUT2D eigenvalue weighted by Crippen LogP contribution is -2.28. The standard InChI is InChI=1S/C19H22N2O2/c1-4-13-6-5-11-21(2)18(13)19(22)15-9-10-20-17-8-7-14(23-3)12-16(15)17/h4,7-10,12,19,22H,1,5-6,11H2,2-3H3/t19-/m1/s1. The molecule has 0 amide bonds. The molecule has 1 aromatic carbocycles. The summed E-state index contributed by atoms with van der Waals surface area (Å²) in [5.41, 5.74) is 3.74. The van der Waals surface area contributed by atoms with Crippen molar-refractivity contribution < 1.29 is 9.84 Å². The van der Waals surface area contributed by atoms with Gasteiger partial charge in [0.15, 0.2) is 0 Å². The number of methoxy groups -OCH3 is 1. The van der Waals surface area contributed by atoms with Crippen LogP contribution in [0.15, 0.2) is 54.4 Å². The number of aromatic nitrogens is 1. The van der Waals surface area contributed by atoms with Gasteiger partial charge in [0.25, 0.3) is 0 Å². The number of hydrogen-bond acceptors (Lipinski definition) is 4. The van der Waals surface area contributed by atoms with E-state index < -0.39 is 6.10 Å². The van der Waals surface area contributed by atoms with Crippen molar-refractivity contribution in [3.05, 3.63) is 60.0 Å². The number of aliphatic hydroxyl groups excluding tert-OH is 1. The van der Waals surface area contributed by atoms with Crippen LogP contribution in [0.25, 0.3) is 10.9 Å². The van der Waals surface area contributed by atoms with E-state index in [2.05, 4.69) is 16.5 Å². The second-order valence-electron chi connectivity index (χ2n) is 5.83. The second-order valence-corrected chi connectivity index (χ2v) is 5.83. The van der Waals surface area contributed by atoms with Gasteiger partial charge in [0.2, 0.25) is 0 Å². The number of allylic oxidation sites excluding steroid dienone is 2. The smallest absolute Gasteiger partial charge is 0.120 e. The molecule has 0 saturated carbocycles. The molecule has 0 spiro atoms. The fourth-order valence-electron chi connectivity index (χ4n) is 3.25. The zero-order valence-electron chi connectivity index (χ0n) is 13.6. The molecule has 2 aromatic rings. The van der Waals surface area contributed by atoms with Gasteiger partial charge in [-0.25, -0.2) is 0 Å². The Balaban J connectivity index is 2.15. The molecule has 1 aromatic heterocycles. The molecule has 1 N–H and O–H groups in total. The van der Waals surface area contributed by atoms with Crippen molar-refractivity contribution in [3.63, 3.8) is 0 Å². The van der Waals surface area contributed by atoms with Gasteiger partial charge in [0.1, 0.15) is 11.9 Å². The first kappa shape index (κ1) is 15.6. The number of nitrogens with zero attached hydrogens (tertiary/aromatic N) is 2. The molecule has 0 saturated heterocycles. The van der Waals surface area contributed by atoms with Crippen LogP contribution >= 0.6 is 0 Å². The summed E-state index contributed by atoms with van der Waals surface area (Å²) >= 11 is 0. The molecule has 0 bridgehead atoms. The van der Waals surface area contributed by atoms with Crippen LogP contribution in [0, 0.1) is 0 Å². The highest BCUT2D eigenvalue weighted by atomic mass is 16.5. The van der Waals surface area contributed by atoms with Crippen LogP contribution in [0.5, 0.6) is 5.75 Å². The van der Waals surface area contributed by atoms with Crippen molar-refractivity contribution in [2.45, 2.75) is 18.9 Å². The molecule has 1 aliphatic rings. The van der Waals surface area contributed by atoms with E-state index in [0.717, 1.165) is 52.9 Å². The number of fused-ring (bicyclic) bond motifs is 1. The van der Waals surface area contributed by atoms with Crippen LogP contribution in [0.1, 0.15) is 24.5 Å². The van der Waals surface area contributed by atoms with Crippen LogP contribution in [-0.2, 0) is 0 Å². The molecular formula is C19H22N2O2. The monoisotopic (exact) mass is 310 g/mol. The van der Waals surface area contributed by atoms with Crippen molar-refractivity contribution in [3.8, 4) is 5.75 Å². The molecule has 3 rings (SSSR count). The lowest BCUT2D eigenvalue weighted by molar-refractivity contribution is 0.168. The Morgan fingerprint density at radius 3 is 2.96 bits per heavy atom. The largest absolute Gasteiger partial charge is 0.497 e. The number of likely N-dealkylation sites (N-methyl/N-ethyl adjacent to an activating group) is 1. The van der Waals surface area contributed by atoms with Gasteiger partial charge in [-0.1, -0.05) is 12.7 Å². The van der Waals surface area contributed by atoms with Gasteiger partial charge in [-0.15, -0.1) is 0 Å². The molecule has 120 valence electrons. The summed E-state index contributed by atoms with van der Waals surface area (Å²) in [6.07, 6.45) is 4.93. The quantitative estimate of drug-likeness (QED) is 0.939. The van der Waals surface area contributed by atoms with Crippen molar-refractivity contribution in [2.24, 2.45) is 0 Å². The van der Waals surface area contributed by atoms with Crippen LogP contribution in [0.2, 0.25) is 0 Å². The highest BCUT2D eigenvalue weighted by molar-refractivity contribution is 5.84. The Labute approximate surface area is 136 Å². The summed E-state index contributed by atoms with van der Waals surface area (Å²) in [6.45, 7) is 4.85. The Morgan fingerprint density at radius 1 is 1.39 bits per heavy atom. The molecule has 4 nitrogen and oxygen atoms in total. The molecule has 23 heavy (non-hydrogen) atoms. The van der Waals surface area contributed by atoms with Gasteiger partial charge in [0, 0.05) is 25.2 Å². The maximum atomic E-state index is 11.1. The van der Waals surface area contributed by atoms with Gasteiger partial charge < -0.3 is 14.7 Å². The molecule has 4 heteroatoms. The zero-order chi connectivity index (χ0) is 16.4. The molecule has 0 unspecified atom stereocenters. The van der Waals surface area contributed by atoms with Crippen molar-refractivity contribution in [2.75, 3.05) is 20.7 Å². The first-order chi connectivity index (χ1) is 11.2. The number of ether oxygens (including phenoxy) is 1. The number of benzene rings is 1. The maximum absolute atomic E-state index is 11.1. The third kappa shape index (κ3) is 2.82. The molecule has 0 aliphatic carbocycles. The zero-order valence-corrected chi connectivity index (χ0v) is 13.6. The van der Waals surface area contributed by atoms with E-state index in [1.165, 1.54) is 0 Å². The van der Waals surface area contributed by atoms with E-state index >= 15 is 0 Å². The van der Waals surface area contributed by atoms with Gasteiger partial charge in [-0.05, 0) is 48.2 Å². The highest BCUT2D eigenvalue weighted by Crippen LogP contribution is 2.35. The Morgan fingerprint density at radius 2 is 2.22 bits per heavy atom. The van der Waals surface area contributed by atoms with Crippen molar-refractivity contribution >= 4 is 10.9 Å². The lowest BCUT2D eigenvalue weighted by Gasteiger charge is -2.33. The van der Waals surface area contributed by atoms with E-state index in [9.17, 15) is 5.11 Å². The first-order valence-electron chi connectivity index (χ1n) is 7.83. The average molecular weight is 310 g/mol.